The van der Waals surface area contributed by atoms with E-state index in [4.69, 9.17) is 10.5 Å². The summed E-state index contributed by atoms with van der Waals surface area (Å²) in [5, 5.41) is 0. The van der Waals surface area contributed by atoms with Crippen LogP contribution in [0.15, 0.2) is 24.3 Å². The molecular weight excluding hydrogens is 260 g/mol. The summed E-state index contributed by atoms with van der Waals surface area (Å²) < 4.78 is 5.82. The molecule has 1 aliphatic heterocycles. The third-order valence-corrected chi connectivity index (χ3v) is 3.84. The van der Waals surface area contributed by atoms with E-state index < -0.39 is 0 Å². The zero-order valence-corrected chi connectivity index (χ0v) is 13.2. The van der Waals surface area contributed by atoms with E-state index in [1.54, 1.807) is 0 Å². The molecule has 1 aromatic carbocycles. The van der Waals surface area contributed by atoms with Crippen LogP contribution in [0.4, 0.5) is 0 Å². The monoisotopic (exact) mass is 286 g/mol. The van der Waals surface area contributed by atoms with Gasteiger partial charge in [-0.1, -0.05) is 25.7 Å². The average Bonchev–Trinajstić information content (AvgIpc) is 2.45. The second kappa shape index (κ2) is 7.49. The lowest BCUT2D eigenvalue weighted by Gasteiger charge is -2.37. The number of nitrogens with two attached hydrogens (primary N) is 1. The van der Waals surface area contributed by atoms with Gasteiger partial charge in [0, 0.05) is 18.7 Å². The molecule has 1 fully saturated rings. The Morgan fingerprint density at radius 1 is 1.29 bits per heavy atom. The van der Waals surface area contributed by atoms with E-state index in [0.29, 0.717) is 12.0 Å². The Kier molecular flexibility index (Phi) is 5.67. The molecular formula is C18H26N2O. The van der Waals surface area contributed by atoms with Gasteiger partial charge in [-0.05, 0) is 49.1 Å². The van der Waals surface area contributed by atoms with E-state index >= 15 is 0 Å². The van der Waals surface area contributed by atoms with Gasteiger partial charge in [0.15, 0.2) is 0 Å². The van der Waals surface area contributed by atoms with Crippen LogP contribution in [0.5, 0.6) is 5.75 Å². The van der Waals surface area contributed by atoms with Gasteiger partial charge < -0.3 is 10.5 Å². The van der Waals surface area contributed by atoms with E-state index in [2.05, 4.69) is 30.6 Å². The highest BCUT2D eigenvalue weighted by Crippen LogP contribution is 2.28. The van der Waals surface area contributed by atoms with Crippen molar-refractivity contribution in [1.29, 1.82) is 0 Å². The van der Waals surface area contributed by atoms with Gasteiger partial charge in [0.1, 0.15) is 12.4 Å². The van der Waals surface area contributed by atoms with Crippen molar-refractivity contribution in [2.24, 2.45) is 11.1 Å². The van der Waals surface area contributed by atoms with Gasteiger partial charge in [0.25, 0.3) is 0 Å². The zero-order chi connectivity index (χ0) is 15.1. The summed E-state index contributed by atoms with van der Waals surface area (Å²) in [4.78, 5) is 2.50. The lowest BCUT2D eigenvalue weighted by atomic mass is 9.84. The molecule has 114 valence electrons. The normalized spacial score (nSPS) is 17.9. The number of hydrogen-bond donors (Lipinski definition) is 1. The van der Waals surface area contributed by atoms with Gasteiger partial charge in [-0.2, -0.15) is 0 Å². The van der Waals surface area contributed by atoms with Crippen LogP contribution in [0.3, 0.4) is 0 Å². The van der Waals surface area contributed by atoms with E-state index in [9.17, 15) is 0 Å². The Hall–Kier alpha value is -1.50. The second-order valence-corrected chi connectivity index (χ2v) is 6.42. The lowest BCUT2D eigenvalue weighted by molar-refractivity contribution is 0.102. The molecule has 1 aliphatic rings. The SMILES string of the molecule is CC1(C)CCCN(CCOc2ccc(C#CCN)cc2)C1. The van der Waals surface area contributed by atoms with E-state index in [0.717, 1.165) is 24.5 Å². The molecule has 1 heterocycles. The fourth-order valence-corrected chi connectivity index (χ4v) is 2.82. The van der Waals surface area contributed by atoms with Crippen molar-refractivity contribution in [2.45, 2.75) is 26.7 Å². The molecule has 0 aromatic heterocycles. The highest BCUT2D eigenvalue weighted by molar-refractivity contribution is 5.38. The standard InChI is InChI=1S/C18H26N2O/c1-18(2)10-4-12-20(15-18)13-14-21-17-8-6-16(7-9-17)5-3-11-19/h6-9H,4,10-15,19H2,1-2H3. The summed E-state index contributed by atoms with van der Waals surface area (Å²) in [6, 6.07) is 7.89. The molecule has 0 unspecified atom stereocenters. The Morgan fingerprint density at radius 3 is 2.71 bits per heavy atom. The Bertz CT molecular complexity index is 496. The van der Waals surface area contributed by atoms with Crippen LogP contribution in [-0.4, -0.2) is 37.7 Å². The Labute approximate surface area is 128 Å². The predicted octanol–water partition coefficient (Wildman–Crippen LogP) is 2.50. The lowest BCUT2D eigenvalue weighted by Crippen LogP contribution is -2.41. The summed E-state index contributed by atoms with van der Waals surface area (Å²) in [5.74, 6) is 6.76. The van der Waals surface area contributed by atoms with Crippen molar-refractivity contribution in [3.8, 4) is 17.6 Å². The molecule has 1 saturated heterocycles. The van der Waals surface area contributed by atoms with E-state index in [-0.39, 0.29) is 0 Å². The summed E-state index contributed by atoms with van der Waals surface area (Å²) in [7, 11) is 0. The minimum atomic E-state index is 0.393. The van der Waals surface area contributed by atoms with Crippen molar-refractivity contribution < 1.29 is 4.74 Å². The number of likely N-dealkylation sites (tertiary alicyclic amines) is 1. The maximum absolute atomic E-state index is 5.82. The fourth-order valence-electron chi connectivity index (χ4n) is 2.82. The molecule has 0 bridgehead atoms. The fraction of sp³-hybridized carbons (Fsp3) is 0.556. The third-order valence-electron chi connectivity index (χ3n) is 3.84. The minimum absolute atomic E-state index is 0.393. The Balaban J connectivity index is 1.75. The number of piperidine rings is 1. The van der Waals surface area contributed by atoms with Gasteiger partial charge in [-0.15, -0.1) is 0 Å². The zero-order valence-electron chi connectivity index (χ0n) is 13.2. The minimum Gasteiger partial charge on any atom is -0.492 e. The largest absolute Gasteiger partial charge is 0.492 e. The van der Waals surface area contributed by atoms with Crippen molar-refractivity contribution in [3.63, 3.8) is 0 Å². The van der Waals surface area contributed by atoms with Crippen molar-refractivity contribution in [1.82, 2.24) is 4.90 Å². The first kappa shape index (κ1) is 15.9. The number of nitrogens with zero attached hydrogens (tertiary/aromatic N) is 1. The quantitative estimate of drug-likeness (QED) is 0.864. The van der Waals surface area contributed by atoms with Crippen molar-refractivity contribution in [3.05, 3.63) is 29.8 Å². The van der Waals surface area contributed by atoms with Crippen LogP contribution in [0.1, 0.15) is 32.3 Å². The third kappa shape index (κ3) is 5.41. The van der Waals surface area contributed by atoms with Gasteiger partial charge >= 0.3 is 0 Å². The topological polar surface area (TPSA) is 38.5 Å². The molecule has 0 spiro atoms. The maximum atomic E-state index is 5.82. The molecule has 0 radical (unpaired) electrons. The van der Waals surface area contributed by atoms with Gasteiger partial charge in [0.05, 0.1) is 6.54 Å². The Morgan fingerprint density at radius 2 is 2.05 bits per heavy atom. The molecule has 2 N–H and O–H groups in total. The molecule has 3 heteroatoms. The van der Waals surface area contributed by atoms with Crippen LogP contribution in [0.25, 0.3) is 0 Å². The molecule has 0 amide bonds. The summed E-state index contributed by atoms with van der Waals surface area (Å²) in [5.41, 5.74) is 6.78. The number of ether oxygens (including phenoxy) is 1. The average molecular weight is 286 g/mol. The van der Waals surface area contributed by atoms with Crippen molar-refractivity contribution >= 4 is 0 Å². The summed E-state index contributed by atoms with van der Waals surface area (Å²) in [6.45, 7) is 9.19. The summed E-state index contributed by atoms with van der Waals surface area (Å²) in [6.07, 6.45) is 2.62. The van der Waals surface area contributed by atoms with Gasteiger partial charge in [-0.3, -0.25) is 4.90 Å². The van der Waals surface area contributed by atoms with Crippen molar-refractivity contribution in [2.75, 3.05) is 32.8 Å². The highest BCUT2D eigenvalue weighted by atomic mass is 16.5. The molecule has 2 rings (SSSR count). The predicted molar refractivity (Wildman–Crippen MR) is 87.3 cm³/mol. The first-order valence-corrected chi connectivity index (χ1v) is 7.73. The second-order valence-electron chi connectivity index (χ2n) is 6.42. The van der Waals surface area contributed by atoms with Crippen LogP contribution in [-0.2, 0) is 0 Å². The molecule has 0 saturated carbocycles. The van der Waals surface area contributed by atoms with Crippen LogP contribution in [0.2, 0.25) is 0 Å². The first-order chi connectivity index (χ1) is 10.1. The van der Waals surface area contributed by atoms with Crippen LogP contribution < -0.4 is 10.5 Å². The summed E-state index contributed by atoms with van der Waals surface area (Å²) >= 11 is 0. The maximum Gasteiger partial charge on any atom is 0.119 e. The molecule has 0 aliphatic carbocycles. The van der Waals surface area contributed by atoms with Gasteiger partial charge in [-0.25, -0.2) is 0 Å². The van der Waals surface area contributed by atoms with Gasteiger partial charge in [0.2, 0.25) is 0 Å². The molecule has 0 atom stereocenters. The molecule has 3 nitrogen and oxygen atoms in total. The smallest absolute Gasteiger partial charge is 0.119 e. The highest BCUT2D eigenvalue weighted by Gasteiger charge is 2.25. The van der Waals surface area contributed by atoms with Crippen LogP contribution >= 0.6 is 0 Å². The number of benzene rings is 1. The number of hydrogen-bond acceptors (Lipinski definition) is 3. The van der Waals surface area contributed by atoms with E-state index in [1.165, 1.54) is 25.9 Å². The van der Waals surface area contributed by atoms with E-state index in [1.807, 2.05) is 24.3 Å². The first-order valence-electron chi connectivity index (χ1n) is 7.73. The van der Waals surface area contributed by atoms with Crippen LogP contribution in [0, 0.1) is 17.3 Å². The number of rotatable bonds is 4. The molecule has 1 aromatic rings. The molecule has 21 heavy (non-hydrogen) atoms.